The number of amides is 2. The molecule has 0 aliphatic carbocycles. The van der Waals surface area contributed by atoms with E-state index in [1.54, 1.807) is 6.92 Å². The monoisotopic (exact) mass is 272 g/mol. The third-order valence-corrected chi connectivity index (χ3v) is 3.14. The molecule has 0 saturated heterocycles. The Morgan fingerprint density at radius 1 is 1.21 bits per heavy atom. The summed E-state index contributed by atoms with van der Waals surface area (Å²) < 4.78 is 0. The number of hydrogen-bond donors (Lipinski definition) is 3. The standard InChI is InChI=1S/C13H24N2O4/c1-5-6-10(16)14-8-11(17)15-13(4,9(2)3)7-12(18)19/h9H,5-8H2,1-4H3,(H,14,16)(H,15,17)(H,18,19). The summed E-state index contributed by atoms with van der Waals surface area (Å²) in [6.45, 7) is 7.14. The van der Waals surface area contributed by atoms with Crippen LogP contribution in [0.3, 0.4) is 0 Å². The molecule has 2 amide bonds. The van der Waals surface area contributed by atoms with Gasteiger partial charge in [0.15, 0.2) is 0 Å². The largest absolute Gasteiger partial charge is 0.481 e. The fraction of sp³-hybridized carbons (Fsp3) is 0.769. The summed E-state index contributed by atoms with van der Waals surface area (Å²) >= 11 is 0. The van der Waals surface area contributed by atoms with E-state index in [1.165, 1.54) is 0 Å². The van der Waals surface area contributed by atoms with Crippen molar-refractivity contribution in [2.75, 3.05) is 6.54 Å². The molecule has 0 spiro atoms. The van der Waals surface area contributed by atoms with Crippen LogP contribution in [0.2, 0.25) is 0 Å². The highest BCUT2D eigenvalue weighted by molar-refractivity contribution is 5.85. The Kier molecular flexibility index (Phi) is 7.11. The minimum Gasteiger partial charge on any atom is -0.481 e. The molecule has 1 atom stereocenters. The first-order chi connectivity index (χ1) is 8.71. The van der Waals surface area contributed by atoms with Gasteiger partial charge in [-0.2, -0.15) is 0 Å². The zero-order chi connectivity index (χ0) is 15.1. The lowest BCUT2D eigenvalue weighted by molar-refractivity contribution is -0.139. The van der Waals surface area contributed by atoms with Crippen LogP contribution in [0.25, 0.3) is 0 Å². The Morgan fingerprint density at radius 3 is 2.21 bits per heavy atom. The second-order valence-corrected chi connectivity index (χ2v) is 5.22. The van der Waals surface area contributed by atoms with Crippen molar-refractivity contribution in [2.24, 2.45) is 5.92 Å². The summed E-state index contributed by atoms with van der Waals surface area (Å²) in [5, 5.41) is 14.1. The van der Waals surface area contributed by atoms with Crippen LogP contribution in [-0.4, -0.2) is 35.0 Å². The SMILES string of the molecule is CCCC(=O)NCC(=O)NC(C)(CC(=O)O)C(C)C. The van der Waals surface area contributed by atoms with Crippen molar-refractivity contribution in [1.29, 1.82) is 0 Å². The molecule has 0 aromatic rings. The first-order valence-electron chi connectivity index (χ1n) is 6.50. The lowest BCUT2D eigenvalue weighted by atomic mass is 9.85. The van der Waals surface area contributed by atoms with Crippen LogP contribution in [0.15, 0.2) is 0 Å². The van der Waals surface area contributed by atoms with Crippen LogP contribution in [-0.2, 0) is 14.4 Å². The van der Waals surface area contributed by atoms with E-state index in [1.807, 2.05) is 20.8 Å². The maximum absolute atomic E-state index is 11.7. The molecule has 6 nitrogen and oxygen atoms in total. The van der Waals surface area contributed by atoms with Gasteiger partial charge in [-0.15, -0.1) is 0 Å². The van der Waals surface area contributed by atoms with Crippen molar-refractivity contribution in [3.8, 4) is 0 Å². The fourth-order valence-corrected chi connectivity index (χ4v) is 1.56. The Bertz CT molecular complexity index is 342. The molecule has 0 fully saturated rings. The molecule has 1 unspecified atom stereocenters. The Labute approximate surface area is 113 Å². The highest BCUT2D eigenvalue weighted by Crippen LogP contribution is 2.20. The molecular formula is C13H24N2O4. The average molecular weight is 272 g/mol. The summed E-state index contributed by atoms with van der Waals surface area (Å²) in [7, 11) is 0. The maximum Gasteiger partial charge on any atom is 0.305 e. The molecule has 19 heavy (non-hydrogen) atoms. The van der Waals surface area contributed by atoms with E-state index in [0.29, 0.717) is 6.42 Å². The molecule has 0 aliphatic rings. The number of aliphatic carboxylic acids is 1. The van der Waals surface area contributed by atoms with E-state index in [-0.39, 0.29) is 30.7 Å². The van der Waals surface area contributed by atoms with Gasteiger partial charge in [0, 0.05) is 6.42 Å². The molecule has 110 valence electrons. The number of hydrogen-bond acceptors (Lipinski definition) is 3. The Morgan fingerprint density at radius 2 is 1.79 bits per heavy atom. The second kappa shape index (κ2) is 7.76. The van der Waals surface area contributed by atoms with Crippen LogP contribution in [0, 0.1) is 5.92 Å². The van der Waals surface area contributed by atoms with Crippen LogP contribution in [0.5, 0.6) is 0 Å². The number of carboxylic acid groups (broad SMARTS) is 1. The van der Waals surface area contributed by atoms with E-state index in [2.05, 4.69) is 10.6 Å². The zero-order valence-corrected chi connectivity index (χ0v) is 12.1. The number of carbonyl (C=O) groups is 3. The van der Waals surface area contributed by atoms with Crippen LogP contribution < -0.4 is 10.6 Å². The molecule has 0 radical (unpaired) electrons. The molecular weight excluding hydrogens is 248 g/mol. The topological polar surface area (TPSA) is 95.5 Å². The summed E-state index contributed by atoms with van der Waals surface area (Å²) in [5.74, 6) is -1.55. The zero-order valence-electron chi connectivity index (χ0n) is 12.1. The fourth-order valence-electron chi connectivity index (χ4n) is 1.56. The number of carboxylic acids is 1. The highest BCUT2D eigenvalue weighted by atomic mass is 16.4. The van der Waals surface area contributed by atoms with Gasteiger partial charge in [-0.3, -0.25) is 14.4 Å². The van der Waals surface area contributed by atoms with E-state index < -0.39 is 11.5 Å². The van der Waals surface area contributed by atoms with Crippen molar-refractivity contribution < 1.29 is 19.5 Å². The normalized spacial score (nSPS) is 13.7. The van der Waals surface area contributed by atoms with E-state index >= 15 is 0 Å². The number of nitrogens with one attached hydrogen (secondary N) is 2. The van der Waals surface area contributed by atoms with E-state index in [4.69, 9.17) is 5.11 Å². The van der Waals surface area contributed by atoms with Crippen LogP contribution in [0.1, 0.15) is 47.0 Å². The van der Waals surface area contributed by atoms with Gasteiger partial charge in [-0.05, 0) is 19.3 Å². The van der Waals surface area contributed by atoms with Crippen molar-refractivity contribution in [3.63, 3.8) is 0 Å². The van der Waals surface area contributed by atoms with Gasteiger partial charge < -0.3 is 15.7 Å². The summed E-state index contributed by atoms with van der Waals surface area (Å²) in [6.07, 6.45) is 0.944. The van der Waals surface area contributed by atoms with Crippen molar-refractivity contribution in [3.05, 3.63) is 0 Å². The first kappa shape index (κ1) is 17.4. The quantitative estimate of drug-likeness (QED) is 0.612. The van der Waals surface area contributed by atoms with Crippen LogP contribution in [0.4, 0.5) is 0 Å². The minimum atomic E-state index is -0.966. The van der Waals surface area contributed by atoms with Gasteiger partial charge >= 0.3 is 5.97 Å². The summed E-state index contributed by atoms with van der Waals surface area (Å²) in [6, 6.07) is 0. The third kappa shape index (κ3) is 6.79. The molecule has 6 heteroatoms. The smallest absolute Gasteiger partial charge is 0.305 e. The Balaban J connectivity index is 4.40. The summed E-state index contributed by atoms with van der Waals surface area (Å²) in [4.78, 5) is 33.8. The first-order valence-corrected chi connectivity index (χ1v) is 6.50. The molecule has 0 saturated carbocycles. The predicted octanol–water partition coefficient (Wildman–Crippen LogP) is 0.908. The number of rotatable bonds is 8. The van der Waals surface area contributed by atoms with Gasteiger partial charge in [0.2, 0.25) is 11.8 Å². The van der Waals surface area contributed by atoms with Gasteiger partial charge in [-0.25, -0.2) is 0 Å². The summed E-state index contributed by atoms with van der Waals surface area (Å²) in [5.41, 5.74) is -0.821. The second-order valence-electron chi connectivity index (χ2n) is 5.22. The lowest BCUT2D eigenvalue weighted by Gasteiger charge is -2.33. The minimum absolute atomic E-state index is 0.0288. The Hall–Kier alpha value is -1.59. The molecule has 0 heterocycles. The molecule has 0 bridgehead atoms. The average Bonchev–Trinajstić information content (AvgIpc) is 2.25. The molecule has 0 aliphatic heterocycles. The predicted molar refractivity (Wildman–Crippen MR) is 71.6 cm³/mol. The van der Waals surface area contributed by atoms with Crippen molar-refractivity contribution in [1.82, 2.24) is 10.6 Å². The van der Waals surface area contributed by atoms with Crippen molar-refractivity contribution >= 4 is 17.8 Å². The van der Waals surface area contributed by atoms with E-state index in [9.17, 15) is 14.4 Å². The molecule has 0 aromatic heterocycles. The van der Waals surface area contributed by atoms with E-state index in [0.717, 1.165) is 6.42 Å². The molecule has 0 aromatic carbocycles. The van der Waals surface area contributed by atoms with Crippen LogP contribution >= 0.6 is 0 Å². The van der Waals surface area contributed by atoms with Gasteiger partial charge in [0.25, 0.3) is 0 Å². The van der Waals surface area contributed by atoms with Crippen molar-refractivity contribution in [2.45, 2.75) is 52.5 Å². The molecule has 3 N–H and O–H groups in total. The highest BCUT2D eigenvalue weighted by Gasteiger charge is 2.32. The number of carbonyl (C=O) groups excluding carboxylic acids is 2. The van der Waals surface area contributed by atoms with Gasteiger partial charge in [0.1, 0.15) is 0 Å². The third-order valence-electron chi connectivity index (χ3n) is 3.14. The maximum atomic E-state index is 11.7. The van der Waals surface area contributed by atoms with Gasteiger partial charge in [0.05, 0.1) is 18.5 Å². The lowest BCUT2D eigenvalue weighted by Crippen LogP contribution is -2.53. The van der Waals surface area contributed by atoms with Gasteiger partial charge in [-0.1, -0.05) is 20.8 Å². The molecule has 0 rings (SSSR count).